The Morgan fingerprint density at radius 3 is 2.87 bits per heavy atom. The summed E-state index contributed by atoms with van der Waals surface area (Å²) >= 11 is 0. The van der Waals surface area contributed by atoms with Crippen LogP contribution in [-0.4, -0.2) is 21.4 Å². The third-order valence-corrected chi connectivity index (χ3v) is 2.71. The Balaban J connectivity index is 2.33. The van der Waals surface area contributed by atoms with Crippen LogP contribution in [0.4, 0.5) is 0 Å². The Hall–Kier alpha value is -0.940. The zero-order valence-electron chi connectivity index (χ0n) is 9.31. The molecule has 0 bridgehead atoms. The van der Waals surface area contributed by atoms with E-state index in [0.717, 1.165) is 31.1 Å². The minimum Gasteiger partial charge on any atom is -0.370 e. The van der Waals surface area contributed by atoms with Crippen molar-refractivity contribution in [2.75, 3.05) is 6.61 Å². The van der Waals surface area contributed by atoms with E-state index in [2.05, 4.69) is 28.6 Å². The number of nitrogens with two attached hydrogens (primary N) is 1. The van der Waals surface area contributed by atoms with Gasteiger partial charge in [-0.05, 0) is 26.7 Å². The molecule has 2 rings (SSSR count). The Bertz CT molecular complexity index is 328. The minimum absolute atomic E-state index is 0.111. The summed E-state index contributed by atoms with van der Waals surface area (Å²) in [5.74, 6) is 1.78. The van der Waals surface area contributed by atoms with Crippen LogP contribution in [0.1, 0.15) is 50.5 Å². The maximum absolute atomic E-state index is 5.64. The van der Waals surface area contributed by atoms with Gasteiger partial charge in [0.15, 0.2) is 5.82 Å². The minimum atomic E-state index is 0.111. The highest BCUT2D eigenvalue weighted by atomic mass is 16.5. The van der Waals surface area contributed by atoms with Gasteiger partial charge in [0.1, 0.15) is 11.9 Å². The molecule has 0 saturated carbocycles. The molecule has 1 aromatic rings. The topological polar surface area (TPSA) is 66.0 Å². The van der Waals surface area contributed by atoms with Crippen molar-refractivity contribution in [2.24, 2.45) is 5.73 Å². The summed E-state index contributed by atoms with van der Waals surface area (Å²) in [4.78, 5) is 0. The molecule has 84 valence electrons. The van der Waals surface area contributed by atoms with E-state index in [-0.39, 0.29) is 6.10 Å². The number of ether oxygens (including phenoxy) is 1. The van der Waals surface area contributed by atoms with E-state index in [1.165, 1.54) is 0 Å². The van der Waals surface area contributed by atoms with E-state index in [0.29, 0.717) is 12.6 Å². The first kappa shape index (κ1) is 10.6. The summed E-state index contributed by atoms with van der Waals surface area (Å²) < 4.78 is 7.72. The van der Waals surface area contributed by atoms with Gasteiger partial charge in [0, 0.05) is 12.6 Å². The number of rotatable bonds is 3. The molecule has 1 saturated heterocycles. The van der Waals surface area contributed by atoms with Gasteiger partial charge in [0.2, 0.25) is 0 Å². The molecule has 2 N–H and O–H groups in total. The smallest absolute Gasteiger partial charge is 0.162 e. The van der Waals surface area contributed by atoms with Crippen LogP contribution in [0.15, 0.2) is 0 Å². The van der Waals surface area contributed by atoms with Crippen LogP contribution < -0.4 is 5.73 Å². The molecule has 0 aliphatic carbocycles. The lowest BCUT2D eigenvalue weighted by Crippen LogP contribution is -2.15. The summed E-state index contributed by atoms with van der Waals surface area (Å²) in [6, 6.07) is 0.331. The van der Waals surface area contributed by atoms with Gasteiger partial charge in [-0.3, -0.25) is 0 Å². The highest BCUT2D eigenvalue weighted by Gasteiger charge is 2.25. The molecule has 5 heteroatoms. The first-order valence-electron chi connectivity index (χ1n) is 5.49. The molecule has 5 nitrogen and oxygen atoms in total. The van der Waals surface area contributed by atoms with Gasteiger partial charge >= 0.3 is 0 Å². The summed E-state index contributed by atoms with van der Waals surface area (Å²) in [5.41, 5.74) is 5.64. The van der Waals surface area contributed by atoms with Gasteiger partial charge in [-0.15, -0.1) is 10.2 Å². The van der Waals surface area contributed by atoms with Crippen molar-refractivity contribution >= 4 is 0 Å². The third-order valence-electron chi connectivity index (χ3n) is 2.71. The lowest BCUT2D eigenvalue weighted by molar-refractivity contribution is 0.100. The van der Waals surface area contributed by atoms with Crippen molar-refractivity contribution in [2.45, 2.75) is 45.4 Å². The van der Waals surface area contributed by atoms with Crippen LogP contribution in [0.2, 0.25) is 0 Å². The lowest BCUT2D eigenvalue weighted by atomic mass is 10.2. The Kier molecular flexibility index (Phi) is 3.02. The molecule has 0 aromatic carbocycles. The SMILES string of the molecule is CC(C)n1c(CN)nnc1C1CCCO1. The molecule has 1 unspecified atom stereocenters. The van der Waals surface area contributed by atoms with Crippen LogP contribution in [0.3, 0.4) is 0 Å². The summed E-state index contributed by atoms with van der Waals surface area (Å²) in [7, 11) is 0. The van der Waals surface area contributed by atoms with Crippen molar-refractivity contribution < 1.29 is 4.74 Å². The van der Waals surface area contributed by atoms with E-state index in [9.17, 15) is 0 Å². The molecule has 0 radical (unpaired) electrons. The van der Waals surface area contributed by atoms with Crippen molar-refractivity contribution in [1.29, 1.82) is 0 Å². The van der Waals surface area contributed by atoms with E-state index in [1.54, 1.807) is 0 Å². The van der Waals surface area contributed by atoms with Crippen molar-refractivity contribution in [3.8, 4) is 0 Å². The molecule has 1 aliphatic rings. The summed E-state index contributed by atoms with van der Waals surface area (Å²) in [6.07, 6.45) is 2.25. The molecule has 1 atom stereocenters. The van der Waals surface area contributed by atoms with E-state index < -0.39 is 0 Å². The van der Waals surface area contributed by atoms with Crippen LogP contribution in [0, 0.1) is 0 Å². The van der Waals surface area contributed by atoms with Gasteiger partial charge in [0.05, 0.1) is 6.54 Å². The summed E-state index contributed by atoms with van der Waals surface area (Å²) in [6.45, 7) is 5.48. The predicted molar refractivity (Wildman–Crippen MR) is 56.2 cm³/mol. The fourth-order valence-corrected chi connectivity index (χ4v) is 2.04. The number of hydrogen-bond donors (Lipinski definition) is 1. The standard InChI is InChI=1S/C10H18N4O/c1-7(2)14-9(6-11)12-13-10(14)8-4-3-5-15-8/h7-8H,3-6,11H2,1-2H3. The van der Waals surface area contributed by atoms with Crippen LogP contribution >= 0.6 is 0 Å². The van der Waals surface area contributed by atoms with Gasteiger partial charge in [-0.2, -0.15) is 0 Å². The normalized spacial score (nSPS) is 21.5. The Morgan fingerprint density at radius 2 is 2.33 bits per heavy atom. The molecule has 1 aromatic heterocycles. The van der Waals surface area contributed by atoms with E-state index in [1.807, 2.05) is 0 Å². The van der Waals surface area contributed by atoms with Crippen LogP contribution in [-0.2, 0) is 11.3 Å². The first-order valence-corrected chi connectivity index (χ1v) is 5.49. The quantitative estimate of drug-likeness (QED) is 0.813. The second-order valence-electron chi connectivity index (χ2n) is 4.14. The average molecular weight is 210 g/mol. The lowest BCUT2D eigenvalue weighted by Gasteiger charge is -2.16. The molecule has 0 amide bonds. The second-order valence-corrected chi connectivity index (χ2v) is 4.14. The third kappa shape index (κ3) is 1.89. The molecule has 15 heavy (non-hydrogen) atoms. The van der Waals surface area contributed by atoms with Gasteiger partial charge in [0.25, 0.3) is 0 Å². The number of hydrogen-bond acceptors (Lipinski definition) is 4. The summed E-state index contributed by atoms with van der Waals surface area (Å²) in [5, 5.41) is 8.31. The van der Waals surface area contributed by atoms with Gasteiger partial charge < -0.3 is 15.0 Å². The Labute approximate surface area is 89.6 Å². The van der Waals surface area contributed by atoms with Crippen molar-refractivity contribution in [3.05, 3.63) is 11.6 Å². The molecule has 0 spiro atoms. The van der Waals surface area contributed by atoms with Gasteiger partial charge in [-0.25, -0.2) is 0 Å². The average Bonchev–Trinajstić information content (AvgIpc) is 2.85. The zero-order valence-corrected chi connectivity index (χ0v) is 9.31. The van der Waals surface area contributed by atoms with Crippen LogP contribution in [0.25, 0.3) is 0 Å². The largest absolute Gasteiger partial charge is 0.370 e. The van der Waals surface area contributed by atoms with Crippen molar-refractivity contribution in [1.82, 2.24) is 14.8 Å². The molecule has 2 heterocycles. The molecule has 1 aliphatic heterocycles. The second kappa shape index (κ2) is 4.28. The molecule has 1 fully saturated rings. The first-order chi connectivity index (χ1) is 7.24. The highest BCUT2D eigenvalue weighted by Crippen LogP contribution is 2.29. The monoisotopic (exact) mass is 210 g/mol. The predicted octanol–water partition coefficient (Wildman–Crippen LogP) is 1.17. The Morgan fingerprint density at radius 1 is 1.53 bits per heavy atom. The number of nitrogens with zero attached hydrogens (tertiary/aromatic N) is 3. The van der Waals surface area contributed by atoms with Crippen LogP contribution in [0.5, 0.6) is 0 Å². The molecular weight excluding hydrogens is 192 g/mol. The van der Waals surface area contributed by atoms with E-state index >= 15 is 0 Å². The zero-order chi connectivity index (χ0) is 10.8. The fraction of sp³-hybridized carbons (Fsp3) is 0.800. The maximum Gasteiger partial charge on any atom is 0.162 e. The van der Waals surface area contributed by atoms with Gasteiger partial charge in [-0.1, -0.05) is 0 Å². The van der Waals surface area contributed by atoms with Crippen molar-refractivity contribution in [3.63, 3.8) is 0 Å². The molecular formula is C10H18N4O. The maximum atomic E-state index is 5.64. The van der Waals surface area contributed by atoms with E-state index in [4.69, 9.17) is 10.5 Å². The highest BCUT2D eigenvalue weighted by molar-refractivity contribution is 5.02. The fourth-order valence-electron chi connectivity index (χ4n) is 2.04. The number of aromatic nitrogens is 3.